The SMILES string of the molecule is c1ccc(N(NCC2C3CC4CC(C3)CC2C4)c2ccccc2)cc1. The summed E-state index contributed by atoms with van der Waals surface area (Å²) < 4.78 is 0. The molecule has 4 aliphatic rings. The minimum atomic E-state index is 0.864. The fourth-order valence-corrected chi connectivity index (χ4v) is 6.05. The van der Waals surface area contributed by atoms with Gasteiger partial charge in [-0.1, -0.05) is 36.4 Å². The molecule has 0 radical (unpaired) electrons. The van der Waals surface area contributed by atoms with Gasteiger partial charge in [-0.3, -0.25) is 5.01 Å². The van der Waals surface area contributed by atoms with Crippen LogP contribution < -0.4 is 10.4 Å². The fraction of sp³-hybridized carbons (Fsp3) is 0.478. The molecule has 6 rings (SSSR count). The summed E-state index contributed by atoms with van der Waals surface area (Å²) in [5, 5.41) is 2.28. The van der Waals surface area contributed by atoms with Crippen LogP contribution in [0.2, 0.25) is 0 Å². The lowest BCUT2D eigenvalue weighted by molar-refractivity contribution is -0.0353. The maximum absolute atomic E-state index is 3.81. The maximum Gasteiger partial charge on any atom is 0.0577 e. The molecule has 0 saturated heterocycles. The van der Waals surface area contributed by atoms with Crippen LogP contribution in [0.3, 0.4) is 0 Å². The number of hydrogen-bond acceptors (Lipinski definition) is 2. The van der Waals surface area contributed by atoms with Crippen molar-refractivity contribution in [1.29, 1.82) is 0 Å². The average molecular weight is 332 g/mol. The van der Waals surface area contributed by atoms with Gasteiger partial charge in [0, 0.05) is 6.54 Å². The molecule has 0 spiro atoms. The van der Waals surface area contributed by atoms with Gasteiger partial charge in [0.2, 0.25) is 0 Å². The summed E-state index contributed by atoms with van der Waals surface area (Å²) in [6.45, 7) is 1.11. The standard InChI is InChI=1S/C23H28N2/c1-3-7-21(8-4-1)25(22-9-5-2-6-10-22)24-16-23-19-12-17-11-18(14-19)15-20(23)13-17/h1-10,17-20,23-24H,11-16H2. The Balaban J connectivity index is 1.35. The van der Waals surface area contributed by atoms with E-state index >= 15 is 0 Å². The van der Waals surface area contributed by atoms with Gasteiger partial charge >= 0.3 is 0 Å². The Hall–Kier alpha value is -1.80. The lowest BCUT2D eigenvalue weighted by Gasteiger charge is -2.54. The van der Waals surface area contributed by atoms with E-state index in [1.807, 2.05) is 0 Å². The predicted molar refractivity (Wildman–Crippen MR) is 104 cm³/mol. The number of anilines is 2. The third kappa shape index (κ3) is 2.97. The molecule has 0 heterocycles. The van der Waals surface area contributed by atoms with E-state index in [0.717, 1.165) is 36.1 Å². The minimum absolute atomic E-state index is 0.864. The quantitative estimate of drug-likeness (QED) is 0.737. The lowest BCUT2D eigenvalue weighted by Crippen LogP contribution is -2.50. The van der Waals surface area contributed by atoms with Crippen LogP contribution in [-0.2, 0) is 0 Å². The van der Waals surface area contributed by atoms with E-state index in [4.69, 9.17) is 0 Å². The molecule has 4 saturated carbocycles. The van der Waals surface area contributed by atoms with E-state index in [2.05, 4.69) is 71.1 Å². The van der Waals surface area contributed by atoms with Gasteiger partial charge in [0.1, 0.15) is 0 Å². The molecule has 0 unspecified atom stereocenters. The zero-order valence-corrected chi connectivity index (χ0v) is 14.9. The highest BCUT2D eigenvalue weighted by Gasteiger charge is 2.47. The minimum Gasteiger partial charge on any atom is -0.277 e. The third-order valence-corrected chi connectivity index (χ3v) is 6.94. The highest BCUT2D eigenvalue weighted by atomic mass is 15.5. The Morgan fingerprint density at radius 3 is 1.64 bits per heavy atom. The second kappa shape index (κ2) is 6.49. The number of rotatable bonds is 5. The molecule has 0 aromatic heterocycles. The molecule has 2 aromatic carbocycles. The van der Waals surface area contributed by atoms with Gasteiger partial charge in [0.15, 0.2) is 0 Å². The second-order valence-electron chi connectivity index (χ2n) is 8.46. The summed E-state index contributed by atoms with van der Waals surface area (Å²) in [5.74, 6) is 4.91. The first-order valence-corrected chi connectivity index (χ1v) is 10.0. The molecule has 4 fully saturated rings. The molecule has 130 valence electrons. The molecule has 1 N–H and O–H groups in total. The van der Waals surface area contributed by atoms with Crippen LogP contribution in [0.25, 0.3) is 0 Å². The van der Waals surface area contributed by atoms with Gasteiger partial charge in [-0.15, -0.1) is 0 Å². The molecule has 0 amide bonds. The van der Waals surface area contributed by atoms with Crippen molar-refractivity contribution >= 4 is 11.4 Å². The zero-order chi connectivity index (χ0) is 16.6. The number of nitrogens with zero attached hydrogens (tertiary/aromatic N) is 1. The number of hydrazine groups is 1. The molecule has 4 aliphatic carbocycles. The highest BCUT2D eigenvalue weighted by Crippen LogP contribution is 2.56. The van der Waals surface area contributed by atoms with Crippen molar-refractivity contribution in [3.8, 4) is 0 Å². The first-order chi connectivity index (χ1) is 12.4. The third-order valence-electron chi connectivity index (χ3n) is 6.94. The van der Waals surface area contributed by atoms with E-state index in [9.17, 15) is 0 Å². The van der Waals surface area contributed by atoms with Gasteiger partial charge in [-0.05, 0) is 86.0 Å². The topological polar surface area (TPSA) is 15.3 Å². The first kappa shape index (κ1) is 15.5. The van der Waals surface area contributed by atoms with Gasteiger partial charge in [0.25, 0.3) is 0 Å². The number of nitrogens with one attached hydrogen (secondary N) is 1. The predicted octanol–water partition coefficient (Wildman–Crippen LogP) is 5.40. The zero-order valence-electron chi connectivity index (χ0n) is 14.9. The van der Waals surface area contributed by atoms with Crippen molar-refractivity contribution in [3.63, 3.8) is 0 Å². The molecule has 2 nitrogen and oxygen atoms in total. The lowest BCUT2D eigenvalue weighted by atomic mass is 9.52. The monoisotopic (exact) mass is 332 g/mol. The van der Waals surface area contributed by atoms with Crippen molar-refractivity contribution in [2.75, 3.05) is 11.6 Å². The summed E-state index contributed by atoms with van der Waals surface area (Å²) >= 11 is 0. The number of benzene rings is 2. The smallest absolute Gasteiger partial charge is 0.0577 e. The van der Waals surface area contributed by atoms with E-state index in [1.54, 1.807) is 0 Å². The van der Waals surface area contributed by atoms with Crippen LogP contribution in [0.4, 0.5) is 11.4 Å². The Bertz CT molecular complexity index is 629. The van der Waals surface area contributed by atoms with E-state index in [1.165, 1.54) is 43.5 Å². The Morgan fingerprint density at radius 2 is 1.16 bits per heavy atom. The second-order valence-corrected chi connectivity index (χ2v) is 8.46. The van der Waals surface area contributed by atoms with Crippen molar-refractivity contribution in [2.24, 2.45) is 29.6 Å². The Kier molecular flexibility index (Phi) is 4.01. The molecule has 25 heavy (non-hydrogen) atoms. The normalized spacial score (nSPS) is 32.7. The molecule has 4 bridgehead atoms. The van der Waals surface area contributed by atoms with Crippen LogP contribution in [0.5, 0.6) is 0 Å². The van der Waals surface area contributed by atoms with Crippen LogP contribution in [0.1, 0.15) is 32.1 Å². The summed E-state index contributed by atoms with van der Waals surface area (Å²) in [6.07, 6.45) is 7.52. The highest BCUT2D eigenvalue weighted by molar-refractivity contribution is 5.61. The number of para-hydroxylation sites is 2. The van der Waals surface area contributed by atoms with Gasteiger partial charge in [0.05, 0.1) is 11.4 Å². The van der Waals surface area contributed by atoms with Gasteiger partial charge < -0.3 is 0 Å². The first-order valence-electron chi connectivity index (χ1n) is 10.0. The summed E-state index contributed by atoms with van der Waals surface area (Å²) in [5.41, 5.74) is 6.25. The fourth-order valence-electron chi connectivity index (χ4n) is 6.05. The largest absolute Gasteiger partial charge is 0.277 e. The number of hydrogen-bond donors (Lipinski definition) is 1. The molecule has 0 atom stereocenters. The van der Waals surface area contributed by atoms with Crippen molar-refractivity contribution < 1.29 is 0 Å². The van der Waals surface area contributed by atoms with Crippen molar-refractivity contribution in [1.82, 2.24) is 5.43 Å². The van der Waals surface area contributed by atoms with Crippen LogP contribution in [0.15, 0.2) is 60.7 Å². The molecular weight excluding hydrogens is 304 g/mol. The van der Waals surface area contributed by atoms with E-state index < -0.39 is 0 Å². The van der Waals surface area contributed by atoms with Gasteiger partial charge in [-0.25, -0.2) is 5.43 Å². The van der Waals surface area contributed by atoms with Crippen LogP contribution >= 0.6 is 0 Å². The van der Waals surface area contributed by atoms with Crippen molar-refractivity contribution in [2.45, 2.75) is 32.1 Å². The average Bonchev–Trinajstić information content (AvgIpc) is 2.65. The molecular formula is C23H28N2. The Morgan fingerprint density at radius 1 is 0.680 bits per heavy atom. The summed E-state index contributed by atoms with van der Waals surface area (Å²) in [4.78, 5) is 0. The molecule has 0 aliphatic heterocycles. The summed E-state index contributed by atoms with van der Waals surface area (Å²) in [6, 6.07) is 21.4. The van der Waals surface area contributed by atoms with E-state index in [-0.39, 0.29) is 0 Å². The van der Waals surface area contributed by atoms with Crippen LogP contribution in [-0.4, -0.2) is 6.54 Å². The molecule has 2 heteroatoms. The molecule has 2 aromatic rings. The summed E-state index contributed by atoms with van der Waals surface area (Å²) in [7, 11) is 0. The van der Waals surface area contributed by atoms with Gasteiger partial charge in [-0.2, -0.15) is 0 Å². The Labute approximate surface area is 151 Å². The van der Waals surface area contributed by atoms with Crippen LogP contribution in [0, 0.1) is 29.6 Å². The van der Waals surface area contributed by atoms with Crippen molar-refractivity contribution in [3.05, 3.63) is 60.7 Å². The van der Waals surface area contributed by atoms with E-state index in [0.29, 0.717) is 0 Å². The maximum atomic E-state index is 3.81.